The molecule has 27 heavy (non-hydrogen) atoms. The summed E-state index contributed by atoms with van der Waals surface area (Å²) in [4.78, 5) is 13.5. The van der Waals surface area contributed by atoms with E-state index in [0.717, 1.165) is 36.9 Å². The molecule has 0 bridgehead atoms. The van der Waals surface area contributed by atoms with Crippen LogP contribution in [0.1, 0.15) is 37.4 Å². The van der Waals surface area contributed by atoms with Gasteiger partial charge in [0.2, 0.25) is 0 Å². The first-order chi connectivity index (χ1) is 13.2. The van der Waals surface area contributed by atoms with Crippen molar-refractivity contribution >= 4 is 0 Å². The normalized spacial score (nSPS) is 19.8. The largest absolute Gasteiger partial charge is 0.494 e. The van der Waals surface area contributed by atoms with E-state index in [0.29, 0.717) is 23.1 Å². The summed E-state index contributed by atoms with van der Waals surface area (Å²) < 4.78 is 7.37. The number of aromatic nitrogens is 5. The van der Waals surface area contributed by atoms with Crippen molar-refractivity contribution in [2.24, 2.45) is 0 Å². The zero-order chi connectivity index (χ0) is 18.8. The number of pyridine rings is 2. The summed E-state index contributed by atoms with van der Waals surface area (Å²) >= 11 is 0. The highest BCUT2D eigenvalue weighted by molar-refractivity contribution is 5.66. The predicted octanol–water partition coefficient (Wildman–Crippen LogP) is 3.20. The standard InChI is InChI=1S/C20H23N5O2/c1-13-11-14(18(27-2)12-22-13)20-23-19(15-7-5-6-10-21-15)24-25(20)16-8-3-4-9-17(16)26/h5-7,10-12,16-17,26H,3-4,8-9H2,1-2H3/t16-,17-/m1/s1. The first-order valence-electron chi connectivity index (χ1n) is 9.24. The Kier molecular flexibility index (Phi) is 4.85. The number of hydrogen-bond acceptors (Lipinski definition) is 6. The van der Waals surface area contributed by atoms with E-state index in [1.807, 2.05) is 35.9 Å². The number of hydrogen-bond donors (Lipinski definition) is 1. The van der Waals surface area contributed by atoms with Crippen LogP contribution in [0.4, 0.5) is 0 Å². The lowest BCUT2D eigenvalue weighted by molar-refractivity contribution is 0.0702. The summed E-state index contributed by atoms with van der Waals surface area (Å²) in [6, 6.07) is 7.49. The first kappa shape index (κ1) is 17.6. The van der Waals surface area contributed by atoms with E-state index in [9.17, 15) is 5.11 Å². The van der Waals surface area contributed by atoms with Crippen molar-refractivity contribution in [3.8, 4) is 28.7 Å². The Morgan fingerprint density at radius 3 is 2.78 bits per heavy atom. The van der Waals surface area contributed by atoms with E-state index < -0.39 is 6.10 Å². The van der Waals surface area contributed by atoms with Crippen LogP contribution in [0, 0.1) is 6.92 Å². The number of ether oxygens (including phenoxy) is 1. The van der Waals surface area contributed by atoms with E-state index in [1.54, 1.807) is 19.5 Å². The van der Waals surface area contributed by atoms with Crippen molar-refractivity contribution in [3.05, 3.63) is 42.4 Å². The maximum absolute atomic E-state index is 10.6. The molecule has 0 amide bonds. The fourth-order valence-electron chi connectivity index (χ4n) is 3.60. The number of aryl methyl sites for hydroxylation is 1. The molecular formula is C20H23N5O2. The topological polar surface area (TPSA) is 86.0 Å². The molecule has 140 valence electrons. The van der Waals surface area contributed by atoms with Crippen molar-refractivity contribution in [1.82, 2.24) is 24.7 Å². The minimum absolute atomic E-state index is 0.114. The molecular weight excluding hydrogens is 342 g/mol. The molecule has 0 unspecified atom stereocenters. The van der Waals surface area contributed by atoms with Crippen LogP contribution in [-0.2, 0) is 0 Å². The summed E-state index contributed by atoms with van der Waals surface area (Å²) in [5.41, 5.74) is 2.38. The number of methoxy groups -OCH3 is 1. The second kappa shape index (κ2) is 7.44. The third-order valence-corrected chi connectivity index (χ3v) is 5.00. The van der Waals surface area contributed by atoms with Gasteiger partial charge >= 0.3 is 0 Å². The third kappa shape index (κ3) is 3.42. The number of rotatable bonds is 4. The highest BCUT2D eigenvalue weighted by Gasteiger charge is 2.30. The van der Waals surface area contributed by atoms with Gasteiger partial charge in [0.05, 0.1) is 31.0 Å². The second-order valence-electron chi connectivity index (χ2n) is 6.86. The van der Waals surface area contributed by atoms with Crippen LogP contribution < -0.4 is 4.74 Å². The van der Waals surface area contributed by atoms with E-state index in [1.165, 1.54) is 0 Å². The fourth-order valence-corrected chi connectivity index (χ4v) is 3.60. The second-order valence-corrected chi connectivity index (χ2v) is 6.86. The van der Waals surface area contributed by atoms with Crippen molar-refractivity contribution in [1.29, 1.82) is 0 Å². The molecule has 1 aliphatic carbocycles. The van der Waals surface area contributed by atoms with E-state index >= 15 is 0 Å². The molecule has 3 aromatic rings. The number of aliphatic hydroxyl groups is 1. The molecule has 7 heteroatoms. The predicted molar refractivity (Wildman–Crippen MR) is 101 cm³/mol. The summed E-state index contributed by atoms with van der Waals surface area (Å²) in [5, 5.41) is 15.3. The molecule has 2 atom stereocenters. The Balaban J connectivity index is 1.89. The van der Waals surface area contributed by atoms with Crippen molar-refractivity contribution in [3.63, 3.8) is 0 Å². The van der Waals surface area contributed by atoms with Gasteiger partial charge in [-0.1, -0.05) is 18.9 Å². The van der Waals surface area contributed by atoms with Crippen LogP contribution in [0.5, 0.6) is 5.75 Å². The lowest BCUT2D eigenvalue weighted by Crippen LogP contribution is -2.29. The van der Waals surface area contributed by atoms with Crippen LogP contribution in [0.25, 0.3) is 22.9 Å². The van der Waals surface area contributed by atoms with Gasteiger partial charge in [0.1, 0.15) is 11.4 Å². The highest BCUT2D eigenvalue weighted by Crippen LogP contribution is 2.36. The van der Waals surface area contributed by atoms with Gasteiger partial charge in [0.15, 0.2) is 11.6 Å². The Bertz CT molecular complexity index is 925. The smallest absolute Gasteiger partial charge is 0.200 e. The third-order valence-electron chi connectivity index (χ3n) is 5.00. The molecule has 3 heterocycles. The Morgan fingerprint density at radius 1 is 1.19 bits per heavy atom. The Hall–Kier alpha value is -2.80. The summed E-state index contributed by atoms with van der Waals surface area (Å²) in [7, 11) is 1.62. The van der Waals surface area contributed by atoms with Crippen LogP contribution in [-0.4, -0.2) is 43.1 Å². The van der Waals surface area contributed by atoms with Crippen LogP contribution in [0.15, 0.2) is 36.7 Å². The zero-order valence-corrected chi connectivity index (χ0v) is 15.5. The molecule has 0 aliphatic heterocycles. The molecule has 4 rings (SSSR count). The fraction of sp³-hybridized carbons (Fsp3) is 0.400. The van der Waals surface area contributed by atoms with Crippen LogP contribution in [0.2, 0.25) is 0 Å². The Labute approximate surface area is 158 Å². The molecule has 1 N–H and O–H groups in total. The average molecular weight is 365 g/mol. The summed E-state index contributed by atoms with van der Waals surface area (Å²) in [6.45, 7) is 1.93. The van der Waals surface area contributed by atoms with Crippen LogP contribution >= 0.6 is 0 Å². The average Bonchev–Trinajstić information content (AvgIpc) is 3.14. The molecule has 1 fully saturated rings. The number of aliphatic hydroxyl groups excluding tert-OH is 1. The van der Waals surface area contributed by atoms with E-state index in [2.05, 4.69) is 9.97 Å². The Morgan fingerprint density at radius 2 is 2.04 bits per heavy atom. The van der Waals surface area contributed by atoms with E-state index in [-0.39, 0.29) is 6.04 Å². The SMILES string of the molecule is COc1cnc(C)cc1-c1nc(-c2ccccn2)nn1[C@@H]1CCCC[C@H]1O. The maximum atomic E-state index is 10.6. The van der Waals surface area contributed by atoms with E-state index in [4.69, 9.17) is 14.8 Å². The van der Waals surface area contributed by atoms with Crippen molar-refractivity contribution in [2.75, 3.05) is 7.11 Å². The van der Waals surface area contributed by atoms with Gasteiger partial charge in [-0.05, 0) is 38.0 Å². The van der Waals surface area contributed by atoms with Crippen molar-refractivity contribution in [2.45, 2.75) is 44.8 Å². The molecule has 0 saturated heterocycles. The minimum atomic E-state index is -0.440. The van der Waals surface area contributed by atoms with Gasteiger partial charge in [-0.15, -0.1) is 5.10 Å². The van der Waals surface area contributed by atoms with Gasteiger partial charge in [0, 0.05) is 11.9 Å². The summed E-state index contributed by atoms with van der Waals surface area (Å²) in [6.07, 6.45) is 6.72. The molecule has 0 aromatic carbocycles. The minimum Gasteiger partial charge on any atom is -0.494 e. The molecule has 3 aromatic heterocycles. The van der Waals surface area contributed by atoms with Crippen molar-refractivity contribution < 1.29 is 9.84 Å². The molecule has 0 spiro atoms. The molecule has 1 aliphatic rings. The molecule has 7 nitrogen and oxygen atoms in total. The number of nitrogens with zero attached hydrogens (tertiary/aromatic N) is 5. The zero-order valence-electron chi connectivity index (χ0n) is 15.5. The van der Waals surface area contributed by atoms with Gasteiger partial charge < -0.3 is 9.84 Å². The lowest BCUT2D eigenvalue weighted by Gasteiger charge is -2.28. The summed E-state index contributed by atoms with van der Waals surface area (Å²) in [5.74, 6) is 1.84. The van der Waals surface area contributed by atoms with Gasteiger partial charge in [0.25, 0.3) is 0 Å². The highest BCUT2D eigenvalue weighted by atomic mass is 16.5. The van der Waals surface area contributed by atoms with Gasteiger partial charge in [-0.2, -0.15) is 0 Å². The molecule has 1 saturated carbocycles. The maximum Gasteiger partial charge on any atom is 0.200 e. The molecule has 0 radical (unpaired) electrons. The van der Waals surface area contributed by atoms with Gasteiger partial charge in [-0.25, -0.2) is 9.67 Å². The van der Waals surface area contributed by atoms with Crippen LogP contribution in [0.3, 0.4) is 0 Å². The van der Waals surface area contributed by atoms with Gasteiger partial charge in [-0.3, -0.25) is 9.97 Å². The quantitative estimate of drug-likeness (QED) is 0.764. The first-order valence-corrected chi connectivity index (χ1v) is 9.24. The monoisotopic (exact) mass is 365 g/mol. The lowest BCUT2D eigenvalue weighted by atomic mass is 9.92.